The van der Waals surface area contributed by atoms with Gasteiger partial charge in [-0.05, 0) is 21.6 Å². The smallest absolute Gasteiger partial charge is 0.0219 e. The number of hydrogen-bond donors (Lipinski definition) is 2. The predicted molar refractivity (Wildman–Crippen MR) is 48.0 cm³/mol. The van der Waals surface area contributed by atoms with Crippen molar-refractivity contribution < 1.29 is 20.6 Å². The number of benzene rings is 1. The van der Waals surface area contributed by atoms with Crippen LogP contribution in [0.15, 0.2) is 30.3 Å². The van der Waals surface area contributed by atoms with Gasteiger partial charge in [0.25, 0.3) is 0 Å². The van der Waals surface area contributed by atoms with Gasteiger partial charge in [-0.1, -0.05) is 44.2 Å². The van der Waals surface area contributed by atoms with E-state index >= 15 is 0 Å². The molecule has 0 unspecified atom stereocenters. The van der Waals surface area contributed by atoms with Crippen molar-refractivity contribution in [2.75, 3.05) is 0 Å². The van der Waals surface area contributed by atoms with E-state index in [1.165, 1.54) is 5.56 Å². The number of rotatable bonds is 2. The molecule has 1 aromatic rings. The van der Waals surface area contributed by atoms with E-state index in [1.54, 1.807) is 0 Å². The van der Waals surface area contributed by atoms with Gasteiger partial charge in [0.15, 0.2) is 0 Å². The molecule has 0 radical (unpaired) electrons. The van der Waals surface area contributed by atoms with Crippen molar-refractivity contribution in [1.82, 2.24) is 0 Å². The molecule has 0 aliphatic heterocycles. The second-order valence-corrected chi connectivity index (χ2v) is 2.71. The van der Waals surface area contributed by atoms with Gasteiger partial charge in [-0.3, -0.25) is 0 Å². The first-order valence-electron chi connectivity index (χ1n) is 3.89. The van der Waals surface area contributed by atoms with Crippen LogP contribution in [-0.2, 0) is 10.1 Å². The van der Waals surface area contributed by atoms with Crippen LogP contribution in [0, 0.1) is 0 Å². The zero-order valence-corrected chi connectivity index (χ0v) is 7.68. The lowest BCUT2D eigenvalue weighted by Crippen LogP contribution is -1.83. The van der Waals surface area contributed by atoms with E-state index in [2.05, 4.69) is 48.2 Å². The molecule has 0 aliphatic rings. The zero-order chi connectivity index (χ0) is 10.1. The molecule has 13 heavy (non-hydrogen) atoms. The van der Waals surface area contributed by atoms with Gasteiger partial charge in [0.1, 0.15) is 0 Å². The first-order chi connectivity index (χ1) is 6.22. The normalized spacial score (nSPS) is 9.31. The monoisotopic (exact) mass is 186 g/mol. The van der Waals surface area contributed by atoms with E-state index in [9.17, 15) is 0 Å². The fourth-order valence-electron chi connectivity index (χ4n) is 0.838. The van der Waals surface area contributed by atoms with Gasteiger partial charge in [-0.25, -0.2) is 10.5 Å². The van der Waals surface area contributed by atoms with Crippen LogP contribution in [0.1, 0.15) is 25.3 Å². The standard InChI is InChI=1S/C9H12.H2O4/c1-8(2)9-6-4-3-5-7-9;1-3-4-2/h3-8H,1-2H3;1-2H. The lowest BCUT2D eigenvalue weighted by Gasteiger charge is -2.01. The largest absolute Gasteiger partial charge is 0.219 e. The third-order valence-electron chi connectivity index (χ3n) is 1.50. The molecule has 74 valence electrons. The molecule has 4 heteroatoms. The molecular weight excluding hydrogens is 172 g/mol. The lowest BCUT2D eigenvalue weighted by molar-refractivity contribution is -0.611. The van der Waals surface area contributed by atoms with Crippen LogP contribution >= 0.6 is 0 Å². The summed E-state index contributed by atoms with van der Waals surface area (Å²) in [5, 5.41) is 19.0. The minimum atomic E-state index is 0.659. The number of hydrogen-bond acceptors (Lipinski definition) is 4. The van der Waals surface area contributed by atoms with Crippen LogP contribution in [0.3, 0.4) is 0 Å². The van der Waals surface area contributed by atoms with Crippen LogP contribution in [-0.4, -0.2) is 10.5 Å². The molecule has 0 bridgehead atoms. The molecule has 0 aliphatic carbocycles. The van der Waals surface area contributed by atoms with Crippen LogP contribution < -0.4 is 0 Å². The summed E-state index contributed by atoms with van der Waals surface area (Å²) in [6, 6.07) is 10.5. The Hall–Kier alpha value is -0.940. The maximum Gasteiger partial charge on any atom is -0.0219 e. The molecule has 0 aromatic heterocycles. The van der Waals surface area contributed by atoms with Gasteiger partial charge >= 0.3 is 0 Å². The Morgan fingerprint density at radius 3 is 1.69 bits per heavy atom. The van der Waals surface area contributed by atoms with Crippen molar-refractivity contribution in [3.63, 3.8) is 0 Å². The van der Waals surface area contributed by atoms with Crippen LogP contribution in [0.4, 0.5) is 0 Å². The summed E-state index contributed by atoms with van der Waals surface area (Å²) in [6.45, 7) is 4.41. The molecule has 0 atom stereocenters. The fraction of sp³-hybridized carbons (Fsp3) is 0.333. The molecule has 0 fully saturated rings. The average molecular weight is 186 g/mol. The van der Waals surface area contributed by atoms with E-state index in [-0.39, 0.29) is 0 Å². The Morgan fingerprint density at radius 2 is 1.46 bits per heavy atom. The van der Waals surface area contributed by atoms with Crippen molar-refractivity contribution in [3.8, 4) is 0 Å². The Labute approximate surface area is 77.1 Å². The second kappa shape index (κ2) is 7.70. The first-order valence-corrected chi connectivity index (χ1v) is 3.89. The molecule has 4 nitrogen and oxygen atoms in total. The van der Waals surface area contributed by atoms with Crippen LogP contribution in [0.25, 0.3) is 0 Å². The van der Waals surface area contributed by atoms with Gasteiger partial charge in [0.2, 0.25) is 0 Å². The Morgan fingerprint density at radius 1 is 1.00 bits per heavy atom. The van der Waals surface area contributed by atoms with Crippen LogP contribution in [0.2, 0.25) is 0 Å². The summed E-state index contributed by atoms with van der Waals surface area (Å²) >= 11 is 0. The van der Waals surface area contributed by atoms with Crippen molar-refractivity contribution >= 4 is 0 Å². The molecule has 0 saturated carbocycles. The van der Waals surface area contributed by atoms with Crippen LogP contribution in [0.5, 0.6) is 0 Å². The maximum atomic E-state index is 6.90. The fourth-order valence-corrected chi connectivity index (χ4v) is 0.838. The van der Waals surface area contributed by atoms with E-state index in [1.807, 2.05) is 6.07 Å². The molecule has 0 saturated heterocycles. The lowest BCUT2D eigenvalue weighted by atomic mass is 10.0. The minimum Gasteiger partial charge on any atom is -0.219 e. The Bertz CT molecular complexity index is 196. The predicted octanol–water partition coefficient (Wildman–Crippen LogP) is 2.69. The van der Waals surface area contributed by atoms with Crippen molar-refractivity contribution in [3.05, 3.63) is 35.9 Å². The van der Waals surface area contributed by atoms with E-state index < -0.39 is 0 Å². The van der Waals surface area contributed by atoms with E-state index in [0.717, 1.165) is 0 Å². The summed E-state index contributed by atoms with van der Waals surface area (Å²) in [5.41, 5.74) is 1.41. The topological polar surface area (TPSA) is 58.9 Å². The van der Waals surface area contributed by atoms with Gasteiger partial charge in [0.05, 0.1) is 0 Å². The molecule has 0 heterocycles. The van der Waals surface area contributed by atoms with Gasteiger partial charge < -0.3 is 0 Å². The highest BCUT2D eigenvalue weighted by Gasteiger charge is 1.93. The van der Waals surface area contributed by atoms with Gasteiger partial charge in [-0.15, -0.1) is 0 Å². The quantitative estimate of drug-likeness (QED) is 0.550. The molecule has 0 amide bonds. The summed E-state index contributed by atoms with van der Waals surface area (Å²) in [7, 11) is 0. The highest BCUT2D eigenvalue weighted by atomic mass is 17.6. The Balaban J connectivity index is 0.000000310. The van der Waals surface area contributed by atoms with Crippen molar-refractivity contribution in [1.29, 1.82) is 0 Å². The highest BCUT2D eigenvalue weighted by Crippen LogP contribution is 2.11. The van der Waals surface area contributed by atoms with Gasteiger partial charge in [0, 0.05) is 0 Å². The third kappa shape index (κ3) is 6.24. The average Bonchev–Trinajstić information content (AvgIpc) is 2.19. The summed E-state index contributed by atoms with van der Waals surface area (Å²) in [4.78, 5) is 0. The summed E-state index contributed by atoms with van der Waals surface area (Å²) in [5.74, 6) is 0.659. The molecule has 1 rings (SSSR count). The molecule has 0 spiro atoms. The van der Waals surface area contributed by atoms with E-state index in [0.29, 0.717) is 5.92 Å². The summed E-state index contributed by atoms with van der Waals surface area (Å²) in [6.07, 6.45) is 0. The van der Waals surface area contributed by atoms with Crippen molar-refractivity contribution in [2.45, 2.75) is 19.8 Å². The minimum absolute atomic E-state index is 0.659. The third-order valence-corrected chi connectivity index (χ3v) is 1.50. The Kier molecular flexibility index (Phi) is 7.14. The molecule has 1 aromatic carbocycles. The SMILES string of the molecule is CC(C)c1ccccc1.OOOO. The van der Waals surface area contributed by atoms with E-state index in [4.69, 9.17) is 10.5 Å². The summed E-state index contributed by atoms with van der Waals surface area (Å²) < 4.78 is 0. The molecular formula is C9H14O4. The molecule has 2 N–H and O–H groups in total. The zero-order valence-electron chi connectivity index (χ0n) is 7.68. The highest BCUT2D eigenvalue weighted by molar-refractivity contribution is 5.17. The maximum absolute atomic E-state index is 6.90. The van der Waals surface area contributed by atoms with Gasteiger partial charge in [-0.2, -0.15) is 0 Å². The second-order valence-electron chi connectivity index (χ2n) is 2.71. The first kappa shape index (κ1) is 12.1. The van der Waals surface area contributed by atoms with Crippen molar-refractivity contribution in [2.24, 2.45) is 0 Å².